The van der Waals surface area contributed by atoms with Gasteiger partial charge in [-0.05, 0) is 43.7 Å². The molecule has 3 fully saturated rings. The number of hydrogen-bond acceptors (Lipinski definition) is 4. The van der Waals surface area contributed by atoms with E-state index in [-0.39, 0.29) is 29.9 Å². The minimum absolute atomic E-state index is 0.0319. The number of nitrogens with one attached hydrogen (secondary N) is 2. The molecule has 4 amide bonds. The number of carbonyl (C=O) groups is 3. The van der Waals surface area contributed by atoms with Gasteiger partial charge in [-0.3, -0.25) is 9.59 Å². The van der Waals surface area contributed by atoms with E-state index in [0.717, 1.165) is 23.4 Å². The van der Waals surface area contributed by atoms with Crippen molar-refractivity contribution in [2.45, 2.75) is 42.3 Å². The fourth-order valence-corrected chi connectivity index (χ4v) is 4.60. The molecule has 0 aromatic heterocycles. The minimum Gasteiger partial charge on any atom is -0.333 e. The lowest BCUT2D eigenvalue weighted by Crippen LogP contribution is -2.60. The fraction of sp³-hybridized carbons (Fsp3) is 0.500. The quantitative estimate of drug-likeness (QED) is 0.786. The maximum absolute atomic E-state index is 12.6. The van der Waals surface area contributed by atoms with Crippen LogP contribution in [0.5, 0.6) is 0 Å². The number of hydrogen-bond donors (Lipinski definition) is 2. The van der Waals surface area contributed by atoms with E-state index in [4.69, 9.17) is 0 Å². The lowest BCUT2D eigenvalue weighted by Gasteiger charge is -2.38. The predicted molar refractivity (Wildman–Crippen MR) is 99.0 cm³/mol. The highest BCUT2D eigenvalue weighted by Crippen LogP contribution is 2.32. The van der Waals surface area contributed by atoms with Gasteiger partial charge in [0.15, 0.2) is 0 Å². The molecule has 26 heavy (non-hydrogen) atoms. The average molecular weight is 374 g/mol. The van der Waals surface area contributed by atoms with Gasteiger partial charge >= 0.3 is 6.03 Å². The Morgan fingerprint density at radius 2 is 2.00 bits per heavy atom. The first-order chi connectivity index (χ1) is 12.6. The van der Waals surface area contributed by atoms with E-state index in [1.165, 1.54) is 0 Å². The number of thioether (sulfide) groups is 1. The van der Waals surface area contributed by atoms with E-state index in [0.29, 0.717) is 19.5 Å². The van der Waals surface area contributed by atoms with Gasteiger partial charge in [0.2, 0.25) is 11.8 Å². The van der Waals surface area contributed by atoms with Gasteiger partial charge in [0.05, 0.1) is 6.04 Å². The zero-order valence-electron chi connectivity index (χ0n) is 14.6. The number of nitrogens with zero attached hydrogens (tertiary/aromatic N) is 2. The number of urea groups is 1. The summed E-state index contributed by atoms with van der Waals surface area (Å²) in [6.07, 6.45) is 4.10. The van der Waals surface area contributed by atoms with Crippen molar-refractivity contribution in [3.63, 3.8) is 0 Å². The van der Waals surface area contributed by atoms with Gasteiger partial charge in [0.25, 0.3) is 0 Å². The summed E-state index contributed by atoms with van der Waals surface area (Å²) in [6, 6.07) is 6.36. The largest absolute Gasteiger partial charge is 0.333 e. The van der Waals surface area contributed by atoms with Crippen LogP contribution in [0.15, 0.2) is 29.2 Å². The Bertz CT molecular complexity index is 726. The molecule has 0 unspecified atom stereocenters. The monoisotopic (exact) mass is 374 g/mol. The third-order valence-electron chi connectivity index (χ3n) is 5.35. The summed E-state index contributed by atoms with van der Waals surface area (Å²) < 4.78 is 0. The molecular weight excluding hydrogens is 352 g/mol. The van der Waals surface area contributed by atoms with Crippen LogP contribution in [0.2, 0.25) is 0 Å². The van der Waals surface area contributed by atoms with Gasteiger partial charge in [-0.1, -0.05) is 6.07 Å². The number of benzene rings is 1. The molecule has 7 nitrogen and oxygen atoms in total. The minimum atomic E-state index is -0.429. The predicted octanol–water partition coefficient (Wildman–Crippen LogP) is 1.50. The second-order valence-electron chi connectivity index (χ2n) is 6.96. The van der Waals surface area contributed by atoms with Crippen molar-refractivity contribution in [2.75, 3.05) is 24.7 Å². The van der Waals surface area contributed by atoms with E-state index in [1.54, 1.807) is 21.6 Å². The fourth-order valence-electron chi connectivity index (χ4n) is 4.14. The topological polar surface area (TPSA) is 81.8 Å². The molecule has 3 heterocycles. The van der Waals surface area contributed by atoms with Crippen molar-refractivity contribution < 1.29 is 14.4 Å². The van der Waals surface area contributed by atoms with E-state index >= 15 is 0 Å². The number of piperazine rings is 1. The van der Waals surface area contributed by atoms with Crippen molar-refractivity contribution in [1.29, 1.82) is 0 Å². The molecule has 138 valence electrons. The van der Waals surface area contributed by atoms with Crippen molar-refractivity contribution in [3.05, 3.63) is 24.3 Å². The molecule has 2 N–H and O–H groups in total. The Morgan fingerprint density at radius 1 is 1.19 bits per heavy atom. The second-order valence-corrected chi connectivity index (χ2v) is 7.84. The number of fused-ring (bicyclic) bond motifs is 2. The highest BCUT2D eigenvalue weighted by molar-refractivity contribution is 7.98. The smallest absolute Gasteiger partial charge is 0.319 e. The molecule has 3 aliphatic rings. The van der Waals surface area contributed by atoms with Gasteiger partial charge in [-0.25, -0.2) is 4.79 Å². The summed E-state index contributed by atoms with van der Waals surface area (Å²) in [5, 5.41) is 5.73. The first-order valence-corrected chi connectivity index (χ1v) is 10.1. The van der Waals surface area contributed by atoms with Crippen LogP contribution in [0, 0.1) is 0 Å². The molecule has 0 saturated carbocycles. The number of anilines is 1. The maximum atomic E-state index is 12.6. The number of amides is 4. The van der Waals surface area contributed by atoms with Crippen LogP contribution in [0.1, 0.15) is 19.3 Å². The molecule has 1 aromatic rings. The summed E-state index contributed by atoms with van der Waals surface area (Å²) in [7, 11) is 0. The zero-order valence-corrected chi connectivity index (χ0v) is 15.4. The molecular formula is C18H22N4O3S. The Morgan fingerprint density at radius 3 is 2.81 bits per heavy atom. The van der Waals surface area contributed by atoms with Gasteiger partial charge in [0.1, 0.15) is 12.1 Å². The van der Waals surface area contributed by atoms with Crippen LogP contribution < -0.4 is 10.6 Å². The molecule has 3 aliphatic heterocycles. The van der Waals surface area contributed by atoms with Crippen LogP contribution in [-0.2, 0) is 9.59 Å². The summed E-state index contributed by atoms with van der Waals surface area (Å²) in [5.41, 5.74) is 0.720. The van der Waals surface area contributed by atoms with Gasteiger partial charge in [-0.15, -0.1) is 11.8 Å². The van der Waals surface area contributed by atoms with Gasteiger partial charge in [0, 0.05) is 23.7 Å². The second kappa shape index (κ2) is 6.83. The molecule has 1 aromatic carbocycles. The van der Waals surface area contributed by atoms with Crippen molar-refractivity contribution in [3.8, 4) is 0 Å². The van der Waals surface area contributed by atoms with Crippen molar-refractivity contribution in [1.82, 2.24) is 15.1 Å². The summed E-state index contributed by atoms with van der Waals surface area (Å²) in [4.78, 5) is 42.0. The van der Waals surface area contributed by atoms with Crippen molar-refractivity contribution >= 4 is 35.3 Å². The Kier molecular flexibility index (Phi) is 4.52. The third kappa shape index (κ3) is 3.02. The zero-order chi connectivity index (χ0) is 18.3. The van der Waals surface area contributed by atoms with E-state index < -0.39 is 6.04 Å². The molecule has 3 atom stereocenters. The Hall–Kier alpha value is -2.22. The van der Waals surface area contributed by atoms with E-state index in [9.17, 15) is 14.4 Å². The van der Waals surface area contributed by atoms with E-state index in [2.05, 4.69) is 10.6 Å². The van der Waals surface area contributed by atoms with Gasteiger partial charge < -0.3 is 20.4 Å². The Labute approximate surface area is 156 Å². The molecule has 0 spiro atoms. The number of carbonyl (C=O) groups excluding carboxylic acids is 3. The highest BCUT2D eigenvalue weighted by Gasteiger charge is 2.51. The first kappa shape index (κ1) is 17.2. The standard InChI is InChI=1S/C18H22N4O3S/c1-26-13-5-2-4-11(8-13)19-18(25)20-12-9-15-17(24)21-7-3-6-14(21)16(23)22(15)10-12/h2,4-5,8,12,14-15H,3,6-7,9-10H2,1H3,(H2,19,20,25)/t12-,14+,15-/m0/s1. The van der Waals surface area contributed by atoms with Crippen molar-refractivity contribution in [2.24, 2.45) is 0 Å². The van der Waals surface area contributed by atoms with Gasteiger partial charge in [-0.2, -0.15) is 0 Å². The van der Waals surface area contributed by atoms with Crippen LogP contribution in [0.25, 0.3) is 0 Å². The molecule has 3 saturated heterocycles. The summed E-state index contributed by atoms with van der Waals surface area (Å²) in [5.74, 6) is 0.0639. The normalized spacial score (nSPS) is 27.3. The molecule has 8 heteroatoms. The molecule has 0 bridgehead atoms. The third-order valence-corrected chi connectivity index (χ3v) is 6.08. The lowest BCUT2D eigenvalue weighted by atomic mass is 10.1. The van der Waals surface area contributed by atoms with E-state index in [1.807, 2.05) is 30.5 Å². The average Bonchev–Trinajstić information content (AvgIpc) is 3.27. The molecule has 0 aliphatic carbocycles. The highest BCUT2D eigenvalue weighted by atomic mass is 32.2. The Balaban J connectivity index is 1.39. The van der Waals surface area contributed by atoms with Crippen LogP contribution >= 0.6 is 11.8 Å². The summed E-state index contributed by atoms with van der Waals surface area (Å²) in [6.45, 7) is 1.07. The van der Waals surface area contributed by atoms with Crippen LogP contribution in [0.3, 0.4) is 0 Å². The summed E-state index contributed by atoms with van der Waals surface area (Å²) >= 11 is 1.61. The molecule has 4 rings (SSSR count). The molecule has 0 radical (unpaired) electrons. The maximum Gasteiger partial charge on any atom is 0.319 e. The first-order valence-electron chi connectivity index (χ1n) is 8.89. The lowest BCUT2D eigenvalue weighted by molar-refractivity contribution is -0.156. The van der Waals surface area contributed by atoms with Crippen LogP contribution in [-0.4, -0.2) is 65.1 Å². The number of rotatable bonds is 3. The van der Waals surface area contributed by atoms with Crippen LogP contribution in [0.4, 0.5) is 10.5 Å². The SMILES string of the molecule is CSc1cccc(NC(=O)N[C@H]2C[C@H]3C(=O)N4CCC[C@@H]4C(=O)N3C2)c1.